The number of thiophene rings is 1. The largest absolute Gasteiger partial charge is 0.279 e. The van der Waals surface area contributed by atoms with Gasteiger partial charge in [0.15, 0.2) is 0 Å². The number of carbonyl (C=O) groups excluding carboxylic acids is 2. The Balaban J connectivity index is 1.68. The quantitative estimate of drug-likeness (QED) is 0.777. The molecule has 3 heterocycles. The predicted molar refractivity (Wildman–Crippen MR) is 77.2 cm³/mol. The SMILES string of the molecule is O=C1CCC(=O)N1C1CCN(S(=O)(=O)c2cccs2)CC1. The van der Waals surface area contributed by atoms with E-state index in [-0.39, 0.29) is 30.7 Å². The summed E-state index contributed by atoms with van der Waals surface area (Å²) in [6.45, 7) is 0.698. The van der Waals surface area contributed by atoms with Crippen LogP contribution in [0.2, 0.25) is 0 Å². The van der Waals surface area contributed by atoms with E-state index in [9.17, 15) is 18.0 Å². The zero-order chi connectivity index (χ0) is 15.0. The fourth-order valence-electron chi connectivity index (χ4n) is 2.88. The van der Waals surface area contributed by atoms with E-state index in [0.29, 0.717) is 30.1 Å². The Hall–Kier alpha value is -1.25. The molecule has 0 spiro atoms. The monoisotopic (exact) mass is 328 g/mol. The van der Waals surface area contributed by atoms with Gasteiger partial charge in [-0.15, -0.1) is 11.3 Å². The molecule has 2 fully saturated rings. The molecule has 2 aliphatic rings. The van der Waals surface area contributed by atoms with Gasteiger partial charge < -0.3 is 0 Å². The van der Waals surface area contributed by atoms with Crippen molar-refractivity contribution in [2.45, 2.75) is 35.9 Å². The summed E-state index contributed by atoms with van der Waals surface area (Å²) in [6.07, 6.45) is 1.60. The first-order valence-electron chi connectivity index (χ1n) is 6.88. The van der Waals surface area contributed by atoms with Gasteiger partial charge in [-0.3, -0.25) is 14.5 Å². The Kier molecular flexibility index (Phi) is 3.85. The van der Waals surface area contributed by atoms with Crippen molar-refractivity contribution in [2.75, 3.05) is 13.1 Å². The van der Waals surface area contributed by atoms with Crippen LogP contribution in [0.25, 0.3) is 0 Å². The molecule has 8 heteroatoms. The molecule has 114 valence electrons. The highest BCUT2D eigenvalue weighted by Crippen LogP contribution is 2.27. The summed E-state index contributed by atoms with van der Waals surface area (Å²) in [6, 6.07) is 3.16. The molecular weight excluding hydrogens is 312 g/mol. The molecule has 0 atom stereocenters. The Morgan fingerprint density at radius 1 is 1.10 bits per heavy atom. The normalized spacial score (nSPS) is 22.2. The van der Waals surface area contributed by atoms with E-state index in [0.717, 1.165) is 0 Å². The molecule has 0 N–H and O–H groups in total. The first-order valence-corrected chi connectivity index (χ1v) is 9.20. The van der Waals surface area contributed by atoms with E-state index in [4.69, 9.17) is 0 Å². The van der Waals surface area contributed by atoms with Gasteiger partial charge in [0.05, 0.1) is 0 Å². The van der Waals surface area contributed by atoms with E-state index in [1.165, 1.54) is 20.5 Å². The highest BCUT2D eigenvalue weighted by molar-refractivity contribution is 7.91. The first-order chi connectivity index (χ1) is 10.00. The maximum Gasteiger partial charge on any atom is 0.252 e. The van der Waals surface area contributed by atoms with Gasteiger partial charge in [-0.25, -0.2) is 8.42 Å². The van der Waals surface area contributed by atoms with E-state index in [1.54, 1.807) is 17.5 Å². The van der Waals surface area contributed by atoms with Crippen molar-refractivity contribution in [1.29, 1.82) is 0 Å². The lowest BCUT2D eigenvalue weighted by Gasteiger charge is -2.34. The fraction of sp³-hybridized carbons (Fsp3) is 0.538. The number of rotatable bonds is 3. The topological polar surface area (TPSA) is 74.8 Å². The van der Waals surface area contributed by atoms with Crippen LogP contribution in [0.4, 0.5) is 0 Å². The molecule has 2 aliphatic heterocycles. The Bertz CT molecular complexity index is 630. The second-order valence-corrected chi connectivity index (χ2v) is 8.34. The van der Waals surface area contributed by atoms with Gasteiger partial charge in [-0.05, 0) is 24.3 Å². The molecule has 0 aliphatic carbocycles. The number of hydrogen-bond donors (Lipinski definition) is 0. The van der Waals surface area contributed by atoms with E-state index < -0.39 is 10.0 Å². The number of carbonyl (C=O) groups is 2. The van der Waals surface area contributed by atoms with Gasteiger partial charge in [-0.1, -0.05) is 6.07 Å². The van der Waals surface area contributed by atoms with Crippen LogP contribution in [-0.2, 0) is 19.6 Å². The van der Waals surface area contributed by atoms with Crippen LogP contribution in [0.3, 0.4) is 0 Å². The fourth-order valence-corrected chi connectivity index (χ4v) is 5.49. The smallest absolute Gasteiger partial charge is 0.252 e. The third-order valence-corrected chi connectivity index (χ3v) is 7.24. The lowest BCUT2D eigenvalue weighted by molar-refractivity contribution is -0.141. The van der Waals surface area contributed by atoms with Gasteiger partial charge in [0.25, 0.3) is 10.0 Å². The average Bonchev–Trinajstić information content (AvgIpc) is 3.10. The van der Waals surface area contributed by atoms with E-state index in [1.807, 2.05) is 0 Å². The number of hydrogen-bond acceptors (Lipinski definition) is 5. The zero-order valence-electron chi connectivity index (χ0n) is 11.4. The van der Waals surface area contributed by atoms with Crippen LogP contribution >= 0.6 is 11.3 Å². The van der Waals surface area contributed by atoms with Gasteiger partial charge in [0.1, 0.15) is 4.21 Å². The number of amides is 2. The summed E-state index contributed by atoms with van der Waals surface area (Å²) in [4.78, 5) is 24.8. The van der Waals surface area contributed by atoms with Crippen LogP contribution in [0.1, 0.15) is 25.7 Å². The molecule has 0 saturated carbocycles. The minimum Gasteiger partial charge on any atom is -0.279 e. The summed E-state index contributed by atoms with van der Waals surface area (Å²) in [5, 5.41) is 1.74. The Morgan fingerprint density at radius 3 is 2.24 bits per heavy atom. The zero-order valence-corrected chi connectivity index (χ0v) is 13.0. The molecule has 1 aromatic heterocycles. The van der Waals surface area contributed by atoms with Crippen LogP contribution in [0.5, 0.6) is 0 Å². The van der Waals surface area contributed by atoms with E-state index in [2.05, 4.69) is 0 Å². The van der Waals surface area contributed by atoms with Gasteiger partial charge in [0.2, 0.25) is 11.8 Å². The highest BCUT2D eigenvalue weighted by Gasteiger charge is 2.38. The van der Waals surface area contributed by atoms with Gasteiger partial charge in [0, 0.05) is 32.0 Å². The molecule has 0 radical (unpaired) electrons. The van der Waals surface area contributed by atoms with Crippen molar-refractivity contribution >= 4 is 33.2 Å². The van der Waals surface area contributed by atoms with Crippen molar-refractivity contribution in [1.82, 2.24) is 9.21 Å². The van der Waals surface area contributed by atoms with Crippen LogP contribution < -0.4 is 0 Å². The number of piperidine rings is 1. The van der Waals surface area contributed by atoms with Gasteiger partial charge >= 0.3 is 0 Å². The third kappa shape index (κ3) is 2.63. The van der Waals surface area contributed by atoms with Crippen LogP contribution in [-0.4, -0.2) is 48.6 Å². The summed E-state index contributed by atoms with van der Waals surface area (Å²) in [7, 11) is -3.43. The molecule has 0 bridgehead atoms. The molecule has 6 nitrogen and oxygen atoms in total. The summed E-state index contributed by atoms with van der Waals surface area (Å²) in [5.41, 5.74) is 0. The van der Waals surface area contributed by atoms with Crippen molar-refractivity contribution in [3.63, 3.8) is 0 Å². The number of likely N-dealkylation sites (tertiary alicyclic amines) is 1. The van der Waals surface area contributed by atoms with Crippen LogP contribution in [0, 0.1) is 0 Å². The van der Waals surface area contributed by atoms with Crippen molar-refractivity contribution in [3.8, 4) is 0 Å². The maximum absolute atomic E-state index is 12.4. The number of sulfonamides is 1. The first kappa shape index (κ1) is 14.7. The standard InChI is InChI=1S/C13H16N2O4S2/c16-11-3-4-12(17)15(11)10-5-7-14(8-6-10)21(18,19)13-2-1-9-20-13/h1-2,9-10H,3-8H2. The molecule has 21 heavy (non-hydrogen) atoms. The maximum atomic E-state index is 12.4. The highest BCUT2D eigenvalue weighted by atomic mass is 32.2. The van der Waals surface area contributed by atoms with Gasteiger partial charge in [-0.2, -0.15) is 4.31 Å². The Morgan fingerprint density at radius 2 is 1.71 bits per heavy atom. The van der Waals surface area contributed by atoms with Crippen molar-refractivity contribution in [3.05, 3.63) is 17.5 Å². The van der Waals surface area contributed by atoms with E-state index >= 15 is 0 Å². The Labute approximate surface area is 127 Å². The number of imide groups is 1. The second-order valence-electron chi connectivity index (χ2n) is 5.22. The average molecular weight is 328 g/mol. The molecular formula is C13H16N2O4S2. The molecule has 0 aromatic carbocycles. The molecule has 2 amide bonds. The predicted octanol–water partition coefficient (Wildman–Crippen LogP) is 1.05. The lowest BCUT2D eigenvalue weighted by Crippen LogP contribution is -2.48. The second kappa shape index (κ2) is 5.51. The lowest BCUT2D eigenvalue weighted by atomic mass is 10.1. The molecule has 1 aromatic rings. The minimum atomic E-state index is -3.43. The third-order valence-electron chi connectivity index (χ3n) is 3.97. The summed E-state index contributed by atoms with van der Waals surface area (Å²) < 4.78 is 26.6. The minimum absolute atomic E-state index is 0.125. The van der Waals surface area contributed by atoms with Crippen molar-refractivity contribution < 1.29 is 18.0 Å². The van der Waals surface area contributed by atoms with Crippen molar-refractivity contribution in [2.24, 2.45) is 0 Å². The molecule has 3 rings (SSSR count). The molecule has 2 saturated heterocycles. The molecule has 0 unspecified atom stereocenters. The summed E-state index contributed by atoms with van der Waals surface area (Å²) >= 11 is 1.20. The van der Waals surface area contributed by atoms with Crippen LogP contribution in [0.15, 0.2) is 21.7 Å². The summed E-state index contributed by atoms with van der Waals surface area (Å²) in [5.74, 6) is -0.251. The number of nitrogens with zero attached hydrogens (tertiary/aromatic N) is 2.